The van der Waals surface area contributed by atoms with Gasteiger partial charge < -0.3 is 5.32 Å². The van der Waals surface area contributed by atoms with Crippen molar-refractivity contribution in [2.45, 2.75) is 25.3 Å². The zero-order valence-electron chi connectivity index (χ0n) is 10.1. The third kappa shape index (κ3) is 3.33. The van der Waals surface area contributed by atoms with E-state index in [9.17, 15) is 13.2 Å². The number of aromatic nitrogens is 2. The Morgan fingerprint density at radius 2 is 2.17 bits per heavy atom. The summed E-state index contributed by atoms with van der Waals surface area (Å²) < 4.78 is 24.0. The number of nitrogens with zero attached hydrogens (tertiary/aromatic N) is 2. The molecule has 0 aromatic carbocycles. The maximum absolute atomic E-state index is 11.5. The van der Waals surface area contributed by atoms with Crippen molar-refractivity contribution >= 4 is 25.6 Å². The fourth-order valence-electron chi connectivity index (χ4n) is 1.57. The maximum Gasteiger partial charge on any atom is 0.264 e. The molecule has 0 radical (unpaired) electrons. The normalized spacial score (nSPS) is 11.3. The van der Waals surface area contributed by atoms with E-state index >= 15 is 0 Å². The highest BCUT2D eigenvalue weighted by Gasteiger charge is 2.23. The minimum atomic E-state index is -3.86. The number of hydrogen-bond donors (Lipinski definition) is 1. The molecule has 0 saturated heterocycles. The van der Waals surface area contributed by atoms with E-state index in [0.717, 1.165) is 0 Å². The molecule has 1 heterocycles. The van der Waals surface area contributed by atoms with Gasteiger partial charge in [0, 0.05) is 17.2 Å². The summed E-state index contributed by atoms with van der Waals surface area (Å²) in [7, 11) is 1.45. The molecule has 0 saturated carbocycles. The van der Waals surface area contributed by atoms with Gasteiger partial charge in [0.05, 0.1) is 11.4 Å². The Morgan fingerprint density at radius 3 is 2.61 bits per heavy atom. The van der Waals surface area contributed by atoms with Crippen molar-refractivity contribution in [3.8, 4) is 0 Å². The molecule has 18 heavy (non-hydrogen) atoms. The number of amides is 1. The SMILES string of the molecule is C=CCNC(=O)Cn1nc(C)c(S(=O)(=O)Cl)c1C. The third-order valence-corrected chi connectivity index (χ3v) is 3.84. The van der Waals surface area contributed by atoms with E-state index in [-0.39, 0.29) is 23.0 Å². The van der Waals surface area contributed by atoms with Crippen molar-refractivity contribution in [3.63, 3.8) is 0 Å². The Labute approximate surface area is 110 Å². The Hall–Kier alpha value is -1.34. The van der Waals surface area contributed by atoms with E-state index in [4.69, 9.17) is 10.7 Å². The minimum Gasteiger partial charge on any atom is -0.351 e. The molecule has 0 atom stereocenters. The number of halogens is 1. The molecule has 100 valence electrons. The predicted molar refractivity (Wildman–Crippen MR) is 67.9 cm³/mol. The monoisotopic (exact) mass is 291 g/mol. The van der Waals surface area contributed by atoms with Crippen LogP contribution in [0.4, 0.5) is 0 Å². The summed E-state index contributed by atoms with van der Waals surface area (Å²) in [6.07, 6.45) is 1.55. The first-order valence-corrected chi connectivity index (χ1v) is 7.44. The van der Waals surface area contributed by atoms with Crippen molar-refractivity contribution in [2.24, 2.45) is 0 Å². The summed E-state index contributed by atoms with van der Waals surface area (Å²) in [5.74, 6) is -0.279. The Kier molecular flexibility index (Phi) is 4.53. The molecule has 1 rings (SSSR count). The van der Waals surface area contributed by atoms with Gasteiger partial charge in [0.15, 0.2) is 0 Å². The molecule has 0 aliphatic carbocycles. The molecular formula is C10H14ClN3O3S. The fraction of sp³-hybridized carbons (Fsp3) is 0.400. The van der Waals surface area contributed by atoms with Crippen LogP contribution in [-0.2, 0) is 20.4 Å². The Bertz CT molecular complexity index is 577. The predicted octanol–water partition coefficient (Wildman–Crippen LogP) is 0.730. The smallest absolute Gasteiger partial charge is 0.264 e. The molecule has 0 spiro atoms. The second-order valence-electron chi connectivity index (χ2n) is 3.69. The van der Waals surface area contributed by atoms with Crippen molar-refractivity contribution in [1.29, 1.82) is 0 Å². The zero-order valence-corrected chi connectivity index (χ0v) is 11.7. The van der Waals surface area contributed by atoms with Gasteiger partial charge in [-0.05, 0) is 13.8 Å². The molecule has 1 N–H and O–H groups in total. The topological polar surface area (TPSA) is 81.1 Å². The summed E-state index contributed by atoms with van der Waals surface area (Å²) in [5, 5.41) is 6.57. The van der Waals surface area contributed by atoms with E-state index in [1.165, 1.54) is 11.6 Å². The lowest BCUT2D eigenvalue weighted by Gasteiger charge is -2.04. The molecule has 0 bridgehead atoms. The standard InChI is InChI=1S/C10H14ClN3O3S/c1-4-5-12-9(15)6-14-8(3)10(7(2)13-14)18(11,16)17/h4H,1,5-6H2,2-3H3,(H,12,15). The molecule has 1 aromatic heterocycles. The lowest BCUT2D eigenvalue weighted by Crippen LogP contribution is -2.28. The highest BCUT2D eigenvalue weighted by molar-refractivity contribution is 8.13. The van der Waals surface area contributed by atoms with Crippen LogP contribution in [0.15, 0.2) is 17.6 Å². The van der Waals surface area contributed by atoms with Gasteiger partial charge in [-0.3, -0.25) is 9.48 Å². The van der Waals surface area contributed by atoms with E-state index in [1.807, 2.05) is 0 Å². The molecule has 8 heteroatoms. The van der Waals surface area contributed by atoms with Crippen LogP contribution in [0.3, 0.4) is 0 Å². The van der Waals surface area contributed by atoms with Crippen LogP contribution in [0, 0.1) is 13.8 Å². The van der Waals surface area contributed by atoms with Gasteiger partial charge in [0.2, 0.25) is 5.91 Å². The fourth-order valence-corrected chi connectivity index (χ4v) is 3.09. The first-order valence-electron chi connectivity index (χ1n) is 5.13. The third-order valence-electron chi connectivity index (χ3n) is 2.30. The first-order chi connectivity index (χ1) is 8.27. The quantitative estimate of drug-likeness (QED) is 0.640. The molecule has 0 aliphatic rings. The van der Waals surface area contributed by atoms with Crippen molar-refractivity contribution in [1.82, 2.24) is 15.1 Å². The molecular weight excluding hydrogens is 278 g/mol. The van der Waals surface area contributed by atoms with Gasteiger partial charge in [0.1, 0.15) is 11.4 Å². The second-order valence-corrected chi connectivity index (χ2v) is 6.19. The molecule has 6 nitrogen and oxygen atoms in total. The molecule has 0 unspecified atom stereocenters. The van der Waals surface area contributed by atoms with E-state index in [2.05, 4.69) is 17.0 Å². The lowest BCUT2D eigenvalue weighted by molar-refractivity contribution is -0.121. The van der Waals surface area contributed by atoms with Gasteiger partial charge in [-0.2, -0.15) is 5.10 Å². The highest BCUT2D eigenvalue weighted by Crippen LogP contribution is 2.22. The van der Waals surface area contributed by atoms with Gasteiger partial charge in [-0.1, -0.05) is 6.08 Å². The average molecular weight is 292 g/mol. The molecule has 0 aliphatic heterocycles. The van der Waals surface area contributed by atoms with E-state index in [1.54, 1.807) is 13.0 Å². The minimum absolute atomic E-state index is 0.0410. The maximum atomic E-state index is 11.5. The van der Waals surface area contributed by atoms with Crippen molar-refractivity contribution in [3.05, 3.63) is 24.0 Å². The largest absolute Gasteiger partial charge is 0.351 e. The van der Waals surface area contributed by atoms with Crippen LogP contribution in [0.5, 0.6) is 0 Å². The number of aryl methyl sites for hydroxylation is 1. The van der Waals surface area contributed by atoms with Crippen LogP contribution in [0.2, 0.25) is 0 Å². The van der Waals surface area contributed by atoms with Crippen molar-refractivity contribution in [2.75, 3.05) is 6.54 Å². The van der Waals surface area contributed by atoms with Crippen LogP contribution in [-0.4, -0.2) is 30.7 Å². The number of hydrogen-bond acceptors (Lipinski definition) is 4. The summed E-state index contributed by atoms with van der Waals surface area (Å²) in [4.78, 5) is 11.5. The Balaban J connectivity index is 3.00. The molecule has 1 aromatic rings. The van der Waals surface area contributed by atoms with E-state index in [0.29, 0.717) is 12.2 Å². The summed E-state index contributed by atoms with van der Waals surface area (Å²) >= 11 is 0. The molecule has 1 amide bonds. The Morgan fingerprint density at radius 1 is 1.56 bits per heavy atom. The van der Waals surface area contributed by atoms with Gasteiger partial charge in [-0.15, -0.1) is 6.58 Å². The van der Waals surface area contributed by atoms with Crippen LogP contribution in [0.1, 0.15) is 11.4 Å². The molecule has 0 fully saturated rings. The second kappa shape index (κ2) is 5.53. The van der Waals surface area contributed by atoms with Crippen LogP contribution < -0.4 is 5.32 Å². The summed E-state index contributed by atoms with van der Waals surface area (Å²) in [5.41, 5.74) is 0.621. The first kappa shape index (κ1) is 14.7. The van der Waals surface area contributed by atoms with Gasteiger partial charge in [0.25, 0.3) is 9.05 Å². The van der Waals surface area contributed by atoms with E-state index < -0.39 is 9.05 Å². The van der Waals surface area contributed by atoms with Crippen molar-refractivity contribution < 1.29 is 13.2 Å². The average Bonchev–Trinajstić information content (AvgIpc) is 2.50. The highest BCUT2D eigenvalue weighted by atomic mass is 35.7. The zero-order chi connectivity index (χ0) is 13.9. The van der Waals surface area contributed by atoms with Crippen LogP contribution >= 0.6 is 10.7 Å². The summed E-state index contributed by atoms with van der Waals surface area (Å²) in [6, 6.07) is 0. The number of rotatable bonds is 5. The number of nitrogens with one attached hydrogen (secondary N) is 1. The van der Waals surface area contributed by atoms with Crippen LogP contribution in [0.25, 0.3) is 0 Å². The lowest BCUT2D eigenvalue weighted by atomic mass is 10.4. The van der Waals surface area contributed by atoms with Gasteiger partial charge >= 0.3 is 0 Å². The number of carbonyl (C=O) groups is 1. The number of carbonyl (C=O) groups excluding carboxylic acids is 1. The summed E-state index contributed by atoms with van der Waals surface area (Å²) in [6.45, 7) is 6.84. The van der Waals surface area contributed by atoms with Gasteiger partial charge in [-0.25, -0.2) is 8.42 Å².